The highest BCUT2D eigenvalue weighted by Gasteiger charge is 2.16. The average molecular weight is 363 g/mol. The minimum Gasteiger partial charge on any atom is -0.294 e. The number of hydrogen-bond donors (Lipinski definition) is 1. The molecule has 0 bridgehead atoms. The van der Waals surface area contributed by atoms with Gasteiger partial charge in [-0.25, -0.2) is 10.4 Å². The first-order chi connectivity index (χ1) is 10.1. The Morgan fingerprint density at radius 3 is 3.10 bits per heavy atom. The van der Waals surface area contributed by atoms with Gasteiger partial charge < -0.3 is 0 Å². The van der Waals surface area contributed by atoms with Crippen LogP contribution in [0.2, 0.25) is 0 Å². The standard InChI is InChI=1S/C14H11BrN4OS/c1-9-13(19-8-10(15)4-5-12(19)17-9)14(20)18-16-7-11-3-2-6-21-11/h2-8H,1H3,(H,18,20)/b16-7-. The predicted octanol–water partition coefficient (Wildman–Crippen LogP) is 3.23. The molecule has 1 amide bonds. The van der Waals surface area contributed by atoms with Crippen LogP contribution in [0, 0.1) is 6.92 Å². The molecule has 0 atom stereocenters. The number of imidazole rings is 1. The molecule has 7 heteroatoms. The number of nitrogens with zero attached hydrogens (tertiary/aromatic N) is 3. The average Bonchev–Trinajstić information content (AvgIpc) is 3.05. The number of fused-ring (bicyclic) bond motifs is 1. The topological polar surface area (TPSA) is 58.8 Å². The molecule has 21 heavy (non-hydrogen) atoms. The molecule has 1 N–H and O–H groups in total. The quantitative estimate of drug-likeness (QED) is 0.574. The second kappa shape index (κ2) is 5.79. The summed E-state index contributed by atoms with van der Waals surface area (Å²) in [7, 11) is 0. The van der Waals surface area contributed by atoms with E-state index in [0.717, 1.165) is 15.0 Å². The molecule has 0 saturated heterocycles. The molecule has 106 valence electrons. The minimum atomic E-state index is -0.286. The highest BCUT2D eigenvalue weighted by atomic mass is 79.9. The molecule has 3 aromatic rings. The van der Waals surface area contributed by atoms with Crippen molar-refractivity contribution in [3.05, 3.63) is 56.6 Å². The van der Waals surface area contributed by atoms with E-state index in [0.29, 0.717) is 11.4 Å². The van der Waals surface area contributed by atoms with Gasteiger partial charge in [-0.3, -0.25) is 9.20 Å². The van der Waals surface area contributed by atoms with Crippen LogP contribution in [0.15, 0.2) is 45.4 Å². The van der Waals surface area contributed by atoms with Crippen LogP contribution >= 0.6 is 27.3 Å². The lowest BCUT2D eigenvalue weighted by molar-refractivity contribution is 0.0948. The summed E-state index contributed by atoms with van der Waals surface area (Å²) >= 11 is 4.95. The Morgan fingerprint density at radius 2 is 2.33 bits per heavy atom. The number of nitrogens with one attached hydrogen (secondary N) is 1. The lowest BCUT2D eigenvalue weighted by atomic mass is 10.3. The number of aryl methyl sites for hydroxylation is 1. The smallest absolute Gasteiger partial charge is 0.290 e. The van der Waals surface area contributed by atoms with Crippen molar-refractivity contribution in [2.45, 2.75) is 6.92 Å². The molecule has 0 aliphatic rings. The summed E-state index contributed by atoms with van der Waals surface area (Å²) < 4.78 is 2.62. The second-order valence-corrected chi connectivity index (χ2v) is 6.23. The van der Waals surface area contributed by atoms with E-state index in [9.17, 15) is 4.79 Å². The Bertz CT molecular complexity index is 823. The normalized spacial score (nSPS) is 11.3. The zero-order valence-corrected chi connectivity index (χ0v) is 13.5. The summed E-state index contributed by atoms with van der Waals surface area (Å²) in [5.74, 6) is -0.286. The first-order valence-electron chi connectivity index (χ1n) is 6.16. The molecule has 3 heterocycles. The maximum atomic E-state index is 12.3. The fourth-order valence-corrected chi connectivity index (χ4v) is 2.90. The molecule has 3 rings (SSSR count). The fourth-order valence-electron chi connectivity index (χ4n) is 1.98. The number of pyridine rings is 1. The molecule has 0 unspecified atom stereocenters. The highest BCUT2D eigenvalue weighted by molar-refractivity contribution is 9.10. The van der Waals surface area contributed by atoms with Gasteiger partial charge in [0.15, 0.2) is 0 Å². The third-order valence-corrected chi connectivity index (χ3v) is 4.15. The summed E-state index contributed by atoms with van der Waals surface area (Å²) in [6.07, 6.45) is 3.43. The number of amides is 1. The van der Waals surface area contributed by atoms with Gasteiger partial charge in [-0.2, -0.15) is 5.10 Å². The van der Waals surface area contributed by atoms with Gasteiger partial charge in [0.1, 0.15) is 11.3 Å². The van der Waals surface area contributed by atoms with E-state index >= 15 is 0 Å². The Morgan fingerprint density at radius 1 is 1.48 bits per heavy atom. The third kappa shape index (κ3) is 2.88. The van der Waals surface area contributed by atoms with Crippen LogP contribution in [0.25, 0.3) is 5.65 Å². The van der Waals surface area contributed by atoms with Gasteiger partial charge in [0, 0.05) is 15.5 Å². The summed E-state index contributed by atoms with van der Waals surface area (Å²) in [6, 6.07) is 7.60. The summed E-state index contributed by atoms with van der Waals surface area (Å²) in [5, 5.41) is 5.93. The van der Waals surface area contributed by atoms with Gasteiger partial charge in [0.05, 0.1) is 11.9 Å². The van der Waals surface area contributed by atoms with Crippen molar-refractivity contribution in [3.63, 3.8) is 0 Å². The second-order valence-electron chi connectivity index (χ2n) is 4.34. The van der Waals surface area contributed by atoms with E-state index in [1.54, 1.807) is 28.9 Å². The van der Waals surface area contributed by atoms with Gasteiger partial charge in [-0.05, 0) is 46.4 Å². The molecule has 0 saturated carbocycles. The number of aromatic nitrogens is 2. The van der Waals surface area contributed by atoms with Crippen molar-refractivity contribution in [2.75, 3.05) is 0 Å². The minimum absolute atomic E-state index is 0.286. The number of hydrazone groups is 1. The molecule has 0 radical (unpaired) electrons. The number of carbonyl (C=O) groups is 1. The Kier molecular flexibility index (Phi) is 3.85. The molecule has 0 aromatic carbocycles. The van der Waals surface area contributed by atoms with Crippen LogP contribution in [0.5, 0.6) is 0 Å². The molecular formula is C14H11BrN4OS. The van der Waals surface area contributed by atoms with Crippen LogP contribution in [0.1, 0.15) is 21.1 Å². The number of halogens is 1. The monoisotopic (exact) mass is 362 g/mol. The number of thiophene rings is 1. The van der Waals surface area contributed by atoms with Crippen molar-refractivity contribution in [1.82, 2.24) is 14.8 Å². The molecule has 0 spiro atoms. The van der Waals surface area contributed by atoms with Gasteiger partial charge in [-0.15, -0.1) is 11.3 Å². The van der Waals surface area contributed by atoms with Crippen molar-refractivity contribution < 1.29 is 4.79 Å². The largest absolute Gasteiger partial charge is 0.294 e. The first-order valence-corrected chi connectivity index (χ1v) is 7.83. The van der Waals surface area contributed by atoms with Gasteiger partial charge in [-0.1, -0.05) is 6.07 Å². The van der Waals surface area contributed by atoms with Crippen LogP contribution in [-0.2, 0) is 0 Å². The Hall–Kier alpha value is -1.99. The van der Waals surface area contributed by atoms with Crippen LogP contribution < -0.4 is 5.43 Å². The summed E-state index contributed by atoms with van der Waals surface area (Å²) in [4.78, 5) is 17.6. The molecule has 0 fully saturated rings. The van der Waals surface area contributed by atoms with Crippen molar-refractivity contribution >= 4 is 45.0 Å². The zero-order chi connectivity index (χ0) is 14.8. The summed E-state index contributed by atoms with van der Waals surface area (Å²) in [5.41, 5.74) is 4.41. The van der Waals surface area contributed by atoms with E-state index in [-0.39, 0.29) is 5.91 Å². The van der Waals surface area contributed by atoms with E-state index in [1.807, 2.05) is 35.8 Å². The maximum Gasteiger partial charge on any atom is 0.290 e. The van der Waals surface area contributed by atoms with E-state index in [4.69, 9.17) is 0 Å². The summed E-state index contributed by atoms with van der Waals surface area (Å²) in [6.45, 7) is 1.80. The van der Waals surface area contributed by atoms with E-state index in [1.165, 1.54) is 0 Å². The highest BCUT2D eigenvalue weighted by Crippen LogP contribution is 2.16. The molecule has 3 aromatic heterocycles. The van der Waals surface area contributed by atoms with Gasteiger partial charge in [0.25, 0.3) is 5.91 Å². The zero-order valence-electron chi connectivity index (χ0n) is 11.1. The number of rotatable bonds is 3. The van der Waals surface area contributed by atoms with Crippen LogP contribution in [0.4, 0.5) is 0 Å². The lowest BCUT2D eigenvalue weighted by Gasteiger charge is -2.02. The fraction of sp³-hybridized carbons (Fsp3) is 0.0714. The molecule has 0 aliphatic heterocycles. The van der Waals surface area contributed by atoms with Gasteiger partial charge in [0.2, 0.25) is 0 Å². The number of hydrogen-bond acceptors (Lipinski definition) is 4. The van der Waals surface area contributed by atoms with Gasteiger partial charge >= 0.3 is 0 Å². The molecular weight excluding hydrogens is 352 g/mol. The lowest BCUT2D eigenvalue weighted by Crippen LogP contribution is -2.20. The van der Waals surface area contributed by atoms with E-state index in [2.05, 4.69) is 31.4 Å². The Balaban J connectivity index is 1.87. The predicted molar refractivity (Wildman–Crippen MR) is 87.0 cm³/mol. The first kappa shape index (κ1) is 14.0. The SMILES string of the molecule is Cc1nc2ccc(Br)cn2c1C(=O)N/N=C\c1cccs1. The van der Waals surface area contributed by atoms with Crippen molar-refractivity contribution in [2.24, 2.45) is 5.10 Å². The Labute approximate surface area is 133 Å². The van der Waals surface area contributed by atoms with Crippen molar-refractivity contribution in [1.29, 1.82) is 0 Å². The molecule has 0 aliphatic carbocycles. The van der Waals surface area contributed by atoms with Crippen molar-refractivity contribution in [3.8, 4) is 0 Å². The van der Waals surface area contributed by atoms with Crippen LogP contribution in [0.3, 0.4) is 0 Å². The van der Waals surface area contributed by atoms with Crippen LogP contribution in [-0.4, -0.2) is 21.5 Å². The maximum absolute atomic E-state index is 12.3. The number of carbonyl (C=O) groups excluding carboxylic acids is 1. The molecule has 5 nitrogen and oxygen atoms in total. The van der Waals surface area contributed by atoms with E-state index < -0.39 is 0 Å². The third-order valence-electron chi connectivity index (χ3n) is 2.87.